The van der Waals surface area contributed by atoms with Gasteiger partial charge < -0.3 is 4.90 Å². The number of piperidine rings is 1. The smallest absolute Gasteiger partial charge is 0.272 e. The van der Waals surface area contributed by atoms with Gasteiger partial charge in [-0.2, -0.15) is 5.10 Å². The van der Waals surface area contributed by atoms with Crippen LogP contribution in [0.5, 0.6) is 0 Å². The van der Waals surface area contributed by atoms with Gasteiger partial charge in [-0.05, 0) is 56.4 Å². The summed E-state index contributed by atoms with van der Waals surface area (Å²) in [5, 5.41) is 4.65. The van der Waals surface area contributed by atoms with Gasteiger partial charge in [0.2, 0.25) is 0 Å². The maximum atomic E-state index is 13.3. The van der Waals surface area contributed by atoms with Gasteiger partial charge in [-0.25, -0.2) is 0 Å². The lowest BCUT2D eigenvalue weighted by atomic mass is 9.83. The summed E-state index contributed by atoms with van der Waals surface area (Å²) in [6.07, 6.45) is 6.76. The normalized spacial score (nSPS) is 27.0. The van der Waals surface area contributed by atoms with E-state index in [1.165, 1.54) is 45.2 Å². The Balaban J connectivity index is 1.50. The molecule has 0 N–H and O–H groups in total. The number of amides is 1. The van der Waals surface area contributed by atoms with E-state index in [9.17, 15) is 4.79 Å². The molecule has 1 aromatic rings. The largest absolute Gasteiger partial charge is 0.335 e. The van der Waals surface area contributed by atoms with E-state index < -0.39 is 0 Å². The van der Waals surface area contributed by atoms with E-state index in [-0.39, 0.29) is 5.91 Å². The van der Waals surface area contributed by atoms with Gasteiger partial charge >= 0.3 is 0 Å². The molecule has 0 spiro atoms. The van der Waals surface area contributed by atoms with Crippen LogP contribution in [0.2, 0.25) is 0 Å². The number of carbonyl (C=O) groups excluding carboxylic acids is 1. The Labute approximate surface area is 157 Å². The number of hydrogen-bond acceptors (Lipinski definition) is 3. The molecule has 0 radical (unpaired) electrons. The fourth-order valence-electron chi connectivity index (χ4n) is 4.87. The minimum atomic E-state index is 0.189. The second kappa shape index (κ2) is 7.34. The van der Waals surface area contributed by atoms with Crippen molar-refractivity contribution in [2.24, 2.45) is 11.8 Å². The van der Waals surface area contributed by atoms with Crippen LogP contribution in [-0.2, 0) is 6.54 Å². The van der Waals surface area contributed by atoms with Gasteiger partial charge in [-0.15, -0.1) is 0 Å². The standard InChI is InChI=1S/C21H34N4O/c1-4-25-20(10-19(22-25)15(2)3)21(26)24-13-17-8-9-18(14-24)23(12-17)11-16-6-5-7-16/h10,15-18H,4-9,11-14H2,1-3H3/t17-,18-/m0/s1. The first kappa shape index (κ1) is 18.0. The van der Waals surface area contributed by atoms with Crippen molar-refractivity contribution in [2.45, 2.75) is 71.4 Å². The highest BCUT2D eigenvalue weighted by Crippen LogP contribution is 2.33. The zero-order valence-electron chi connectivity index (χ0n) is 16.7. The monoisotopic (exact) mass is 358 g/mol. The number of rotatable bonds is 5. The Morgan fingerprint density at radius 3 is 2.65 bits per heavy atom. The fourth-order valence-corrected chi connectivity index (χ4v) is 4.87. The summed E-state index contributed by atoms with van der Waals surface area (Å²) >= 11 is 0. The first-order valence-corrected chi connectivity index (χ1v) is 10.7. The van der Waals surface area contributed by atoms with Gasteiger partial charge in [0.25, 0.3) is 5.91 Å². The summed E-state index contributed by atoms with van der Waals surface area (Å²) in [4.78, 5) is 18.2. The van der Waals surface area contributed by atoms with Crippen LogP contribution in [0, 0.1) is 11.8 Å². The minimum absolute atomic E-state index is 0.189. The molecule has 3 aliphatic heterocycles. The second-order valence-electron chi connectivity index (χ2n) is 8.98. The van der Waals surface area contributed by atoms with Crippen LogP contribution in [-0.4, -0.2) is 57.7 Å². The first-order valence-electron chi connectivity index (χ1n) is 10.7. The highest BCUT2D eigenvalue weighted by Gasteiger charge is 2.38. The van der Waals surface area contributed by atoms with Crippen molar-refractivity contribution in [1.82, 2.24) is 19.6 Å². The lowest BCUT2D eigenvalue weighted by Gasteiger charge is -2.40. The molecule has 5 rings (SSSR count). The fraction of sp³-hybridized carbons (Fsp3) is 0.810. The quantitative estimate of drug-likeness (QED) is 0.810. The third-order valence-corrected chi connectivity index (χ3v) is 6.74. The average molecular weight is 359 g/mol. The van der Waals surface area contributed by atoms with Crippen molar-refractivity contribution in [1.29, 1.82) is 0 Å². The highest BCUT2D eigenvalue weighted by atomic mass is 16.2. The zero-order valence-corrected chi connectivity index (χ0v) is 16.7. The summed E-state index contributed by atoms with van der Waals surface area (Å²) in [6, 6.07) is 2.58. The number of fused-ring (bicyclic) bond motifs is 4. The van der Waals surface area contributed by atoms with E-state index in [2.05, 4.69) is 35.7 Å². The molecule has 26 heavy (non-hydrogen) atoms. The minimum Gasteiger partial charge on any atom is -0.335 e. The molecular weight excluding hydrogens is 324 g/mol. The summed E-state index contributed by atoms with van der Waals surface area (Å²) in [5.41, 5.74) is 1.81. The van der Waals surface area contributed by atoms with Crippen molar-refractivity contribution in [3.05, 3.63) is 17.5 Å². The van der Waals surface area contributed by atoms with E-state index in [4.69, 9.17) is 0 Å². The van der Waals surface area contributed by atoms with Crippen LogP contribution in [0.1, 0.15) is 75.0 Å². The number of hydrogen-bond donors (Lipinski definition) is 0. The summed E-state index contributed by atoms with van der Waals surface area (Å²) < 4.78 is 1.90. The molecule has 5 heteroatoms. The molecule has 0 unspecified atom stereocenters. The molecule has 2 bridgehead atoms. The molecule has 4 fully saturated rings. The first-order chi connectivity index (χ1) is 12.5. The van der Waals surface area contributed by atoms with Gasteiger partial charge in [0.05, 0.1) is 5.69 Å². The van der Waals surface area contributed by atoms with Crippen LogP contribution >= 0.6 is 0 Å². The van der Waals surface area contributed by atoms with Gasteiger partial charge in [0.1, 0.15) is 5.69 Å². The predicted octanol–water partition coefficient (Wildman–Crippen LogP) is 3.36. The van der Waals surface area contributed by atoms with Crippen molar-refractivity contribution >= 4 is 5.91 Å². The van der Waals surface area contributed by atoms with Gasteiger partial charge in [0, 0.05) is 38.8 Å². The molecule has 5 nitrogen and oxygen atoms in total. The van der Waals surface area contributed by atoms with Gasteiger partial charge in [0.15, 0.2) is 0 Å². The summed E-state index contributed by atoms with van der Waals surface area (Å²) in [5.74, 6) is 2.09. The second-order valence-corrected chi connectivity index (χ2v) is 8.98. The number of carbonyl (C=O) groups is 1. The topological polar surface area (TPSA) is 41.4 Å². The molecule has 1 aliphatic carbocycles. The number of nitrogens with zero attached hydrogens (tertiary/aromatic N) is 4. The summed E-state index contributed by atoms with van der Waals surface area (Å²) in [7, 11) is 0. The Bertz CT molecular complexity index is 648. The Morgan fingerprint density at radius 2 is 2.00 bits per heavy atom. The Morgan fingerprint density at radius 1 is 1.19 bits per heavy atom. The van der Waals surface area contributed by atoms with Crippen molar-refractivity contribution < 1.29 is 4.79 Å². The molecule has 2 atom stereocenters. The van der Waals surface area contributed by atoms with E-state index in [0.29, 0.717) is 17.9 Å². The predicted molar refractivity (Wildman–Crippen MR) is 103 cm³/mol. The van der Waals surface area contributed by atoms with E-state index in [0.717, 1.165) is 36.9 Å². The molecule has 0 aromatic carbocycles. The Hall–Kier alpha value is -1.36. The van der Waals surface area contributed by atoms with Crippen LogP contribution < -0.4 is 0 Å². The maximum Gasteiger partial charge on any atom is 0.272 e. The molecule has 4 heterocycles. The van der Waals surface area contributed by atoms with Crippen molar-refractivity contribution in [3.63, 3.8) is 0 Å². The molecule has 1 saturated carbocycles. The third kappa shape index (κ3) is 3.42. The molecule has 3 saturated heterocycles. The highest BCUT2D eigenvalue weighted by molar-refractivity contribution is 5.92. The van der Waals surface area contributed by atoms with E-state index in [1.54, 1.807) is 0 Å². The lowest BCUT2D eigenvalue weighted by Crippen LogP contribution is -2.47. The molecular formula is C21H34N4O. The van der Waals surface area contributed by atoms with Crippen LogP contribution in [0.25, 0.3) is 0 Å². The van der Waals surface area contributed by atoms with E-state index in [1.807, 2.05) is 10.7 Å². The maximum absolute atomic E-state index is 13.3. The van der Waals surface area contributed by atoms with Crippen LogP contribution in [0.4, 0.5) is 0 Å². The molecule has 1 amide bonds. The van der Waals surface area contributed by atoms with Gasteiger partial charge in [-0.1, -0.05) is 20.3 Å². The molecule has 4 aliphatic rings. The van der Waals surface area contributed by atoms with Crippen LogP contribution in [0.15, 0.2) is 6.07 Å². The van der Waals surface area contributed by atoms with Crippen molar-refractivity contribution in [3.8, 4) is 0 Å². The Kier molecular flexibility index (Phi) is 5.09. The zero-order chi connectivity index (χ0) is 18.3. The van der Waals surface area contributed by atoms with Gasteiger partial charge in [-0.3, -0.25) is 14.4 Å². The lowest BCUT2D eigenvalue weighted by molar-refractivity contribution is 0.0706. The molecule has 1 aromatic heterocycles. The SMILES string of the molecule is CCn1nc(C(C)C)cc1C(=O)N1C[C@H]2CC[C@@H](C1)N(CC1CCC1)C2. The number of aromatic nitrogens is 2. The molecule has 144 valence electrons. The number of aryl methyl sites for hydroxylation is 1. The third-order valence-electron chi connectivity index (χ3n) is 6.74. The van der Waals surface area contributed by atoms with E-state index >= 15 is 0 Å². The van der Waals surface area contributed by atoms with Crippen molar-refractivity contribution in [2.75, 3.05) is 26.2 Å². The summed E-state index contributed by atoms with van der Waals surface area (Å²) in [6.45, 7) is 11.4. The van der Waals surface area contributed by atoms with Crippen LogP contribution in [0.3, 0.4) is 0 Å². The average Bonchev–Trinajstić information content (AvgIpc) is 2.83.